The molecule has 10 nitrogen and oxygen atoms in total. The van der Waals surface area contributed by atoms with Gasteiger partial charge in [-0.3, -0.25) is 4.79 Å². The summed E-state index contributed by atoms with van der Waals surface area (Å²) in [4.78, 5) is 32.4. The van der Waals surface area contributed by atoms with Gasteiger partial charge in [0.05, 0.1) is 44.5 Å². The van der Waals surface area contributed by atoms with Crippen LogP contribution >= 0.6 is 0 Å². The first-order valence-corrected chi connectivity index (χ1v) is 9.75. The fraction of sp³-hybridized carbons (Fsp3) is 0.333. The standard InChI is InChI=1S/C21H25N5O5/c1-30-16-4-2-3-14(9-16)25-21(29)26-18-6-5-17(31-19(18)12-27)10-20(28)23-11-15-7-8-22-13-24-15/h2-9,13,17-19,27H,10-12H2,1H3,(H,23,28)(H2,25,26,29)/t17-,18-,19+/m1/s1. The van der Waals surface area contributed by atoms with E-state index in [1.807, 2.05) is 0 Å². The van der Waals surface area contributed by atoms with Crippen molar-refractivity contribution in [1.29, 1.82) is 0 Å². The van der Waals surface area contributed by atoms with Crippen LogP contribution in [-0.4, -0.2) is 59.0 Å². The maximum Gasteiger partial charge on any atom is 0.319 e. The van der Waals surface area contributed by atoms with Gasteiger partial charge in [0.15, 0.2) is 0 Å². The molecule has 0 radical (unpaired) electrons. The molecule has 31 heavy (non-hydrogen) atoms. The highest BCUT2D eigenvalue weighted by molar-refractivity contribution is 5.89. The molecular weight excluding hydrogens is 402 g/mol. The Kier molecular flexibility index (Phi) is 7.91. The van der Waals surface area contributed by atoms with Crippen LogP contribution in [0, 0.1) is 0 Å². The Hall–Kier alpha value is -3.50. The number of hydrogen-bond acceptors (Lipinski definition) is 7. The highest BCUT2D eigenvalue weighted by Crippen LogP contribution is 2.18. The first-order chi connectivity index (χ1) is 15.1. The number of rotatable bonds is 8. The Labute approximate surface area is 179 Å². The number of methoxy groups -OCH3 is 1. The Bertz CT molecular complexity index is 908. The van der Waals surface area contributed by atoms with Gasteiger partial charge in [0.1, 0.15) is 18.2 Å². The summed E-state index contributed by atoms with van der Waals surface area (Å²) in [5.41, 5.74) is 1.26. The molecule has 2 aromatic rings. The molecule has 0 saturated carbocycles. The van der Waals surface area contributed by atoms with E-state index in [4.69, 9.17) is 9.47 Å². The summed E-state index contributed by atoms with van der Waals surface area (Å²) in [6, 6.07) is 7.66. The number of anilines is 1. The number of benzene rings is 1. The molecule has 0 saturated heterocycles. The number of aliphatic hydroxyl groups excluding tert-OH is 1. The summed E-state index contributed by atoms with van der Waals surface area (Å²) in [5, 5.41) is 17.9. The second-order valence-corrected chi connectivity index (χ2v) is 6.82. The van der Waals surface area contributed by atoms with E-state index in [0.29, 0.717) is 17.1 Å². The fourth-order valence-corrected chi connectivity index (χ4v) is 3.02. The van der Waals surface area contributed by atoms with Gasteiger partial charge >= 0.3 is 6.03 Å². The molecular formula is C21H25N5O5. The van der Waals surface area contributed by atoms with Crippen molar-refractivity contribution in [1.82, 2.24) is 20.6 Å². The van der Waals surface area contributed by atoms with Gasteiger partial charge in [-0.15, -0.1) is 0 Å². The van der Waals surface area contributed by atoms with Gasteiger partial charge in [-0.2, -0.15) is 0 Å². The summed E-state index contributed by atoms with van der Waals surface area (Å²) in [6.45, 7) is -0.0245. The molecule has 3 atom stereocenters. The lowest BCUT2D eigenvalue weighted by Crippen LogP contribution is -2.50. The van der Waals surface area contributed by atoms with Crippen LogP contribution in [0.15, 0.2) is 55.0 Å². The van der Waals surface area contributed by atoms with Crippen LogP contribution < -0.4 is 20.7 Å². The molecule has 3 amide bonds. The molecule has 10 heteroatoms. The molecule has 3 rings (SSSR count). The van der Waals surface area contributed by atoms with Crippen LogP contribution in [0.5, 0.6) is 5.75 Å². The molecule has 0 unspecified atom stereocenters. The van der Waals surface area contributed by atoms with Crippen molar-refractivity contribution in [3.63, 3.8) is 0 Å². The van der Waals surface area contributed by atoms with Crippen molar-refractivity contribution in [2.24, 2.45) is 0 Å². The minimum absolute atomic E-state index is 0.0841. The summed E-state index contributed by atoms with van der Waals surface area (Å²) in [6.07, 6.45) is 5.33. The lowest BCUT2D eigenvalue weighted by molar-refractivity contribution is -0.125. The number of amides is 3. The third-order valence-electron chi connectivity index (χ3n) is 4.59. The van der Waals surface area contributed by atoms with Crippen LogP contribution in [-0.2, 0) is 16.1 Å². The summed E-state index contributed by atoms with van der Waals surface area (Å²) < 4.78 is 10.9. The molecule has 0 spiro atoms. The molecule has 1 aromatic carbocycles. The van der Waals surface area contributed by atoms with E-state index in [1.165, 1.54) is 6.33 Å². The first kappa shape index (κ1) is 22.2. The Balaban J connectivity index is 1.49. The summed E-state index contributed by atoms with van der Waals surface area (Å²) >= 11 is 0. The highest BCUT2D eigenvalue weighted by Gasteiger charge is 2.29. The van der Waals surface area contributed by atoms with Crippen LogP contribution in [0.1, 0.15) is 12.1 Å². The zero-order chi connectivity index (χ0) is 22.1. The minimum Gasteiger partial charge on any atom is -0.497 e. The zero-order valence-electron chi connectivity index (χ0n) is 17.0. The van der Waals surface area contributed by atoms with Gasteiger partial charge in [0, 0.05) is 18.0 Å². The number of aromatic nitrogens is 2. The van der Waals surface area contributed by atoms with Gasteiger partial charge in [-0.05, 0) is 18.2 Å². The number of urea groups is 1. The van der Waals surface area contributed by atoms with E-state index in [-0.39, 0.29) is 25.5 Å². The largest absolute Gasteiger partial charge is 0.497 e. The Morgan fingerprint density at radius 3 is 2.87 bits per heavy atom. The summed E-state index contributed by atoms with van der Waals surface area (Å²) in [5.74, 6) is 0.403. The van der Waals surface area contributed by atoms with Crippen molar-refractivity contribution in [2.75, 3.05) is 19.0 Å². The molecule has 1 aromatic heterocycles. The van der Waals surface area contributed by atoms with Gasteiger partial charge in [0.2, 0.25) is 5.91 Å². The number of aliphatic hydroxyl groups is 1. The second-order valence-electron chi connectivity index (χ2n) is 6.82. The second kappa shape index (κ2) is 11.0. The lowest BCUT2D eigenvalue weighted by atomic mass is 10.0. The predicted molar refractivity (Wildman–Crippen MR) is 112 cm³/mol. The van der Waals surface area contributed by atoms with E-state index >= 15 is 0 Å². The van der Waals surface area contributed by atoms with Crippen LogP contribution in [0.25, 0.3) is 0 Å². The quantitative estimate of drug-likeness (QED) is 0.462. The number of nitrogens with zero attached hydrogens (tertiary/aromatic N) is 2. The van der Waals surface area contributed by atoms with E-state index < -0.39 is 24.3 Å². The van der Waals surface area contributed by atoms with Crippen molar-refractivity contribution in [2.45, 2.75) is 31.2 Å². The number of nitrogens with one attached hydrogen (secondary N) is 3. The van der Waals surface area contributed by atoms with E-state index in [1.54, 1.807) is 55.8 Å². The van der Waals surface area contributed by atoms with Crippen molar-refractivity contribution < 1.29 is 24.2 Å². The average Bonchev–Trinajstić information content (AvgIpc) is 2.79. The molecule has 1 aliphatic heterocycles. The highest BCUT2D eigenvalue weighted by atomic mass is 16.5. The maximum atomic E-state index is 12.3. The summed E-state index contributed by atoms with van der Waals surface area (Å²) in [7, 11) is 1.54. The van der Waals surface area contributed by atoms with Gasteiger partial charge in [0.25, 0.3) is 0 Å². The molecule has 4 N–H and O–H groups in total. The Morgan fingerprint density at radius 1 is 1.26 bits per heavy atom. The molecule has 1 aliphatic rings. The molecule has 2 heterocycles. The number of ether oxygens (including phenoxy) is 2. The monoisotopic (exact) mass is 427 g/mol. The predicted octanol–water partition coefficient (Wildman–Crippen LogP) is 0.998. The number of hydrogen-bond donors (Lipinski definition) is 4. The maximum absolute atomic E-state index is 12.3. The van der Waals surface area contributed by atoms with Crippen LogP contribution in [0.4, 0.5) is 10.5 Å². The van der Waals surface area contributed by atoms with Crippen molar-refractivity contribution in [3.8, 4) is 5.75 Å². The van der Waals surface area contributed by atoms with Crippen molar-refractivity contribution in [3.05, 3.63) is 60.7 Å². The molecule has 0 fully saturated rings. The topological polar surface area (TPSA) is 135 Å². The SMILES string of the molecule is COc1cccc(NC(=O)N[C@@H]2C=C[C@H](CC(=O)NCc3ccncn3)O[C@H]2CO)c1. The van der Waals surface area contributed by atoms with Crippen LogP contribution in [0.3, 0.4) is 0 Å². The van der Waals surface area contributed by atoms with E-state index in [0.717, 1.165) is 0 Å². The average molecular weight is 427 g/mol. The van der Waals surface area contributed by atoms with E-state index in [9.17, 15) is 14.7 Å². The third kappa shape index (κ3) is 6.76. The molecule has 164 valence electrons. The van der Waals surface area contributed by atoms with E-state index in [2.05, 4.69) is 25.9 Å². The first-order valence-electron chi connectivity index (χ1n) is 9.75. The zero-order valence-corrected chi connectivity index (χ0v) is 17.0. The van der Waals surface area contributed by atoms with Gasteiger partial charge in [-0.1, -0.05) is 18.2 Å². The third-order valence-corrected chi connectivity index (χ3v) is 4.59. The van der Waals surface area contributed by atoms with Gasteiger partial charge in [-0.25, -0.2) is 14.8 Å². The normalized spacial score (nSPS) is 20.0. The van der Waals surface area contributed by atoms with Gasteiger partial charge < -0.3 is 30.5 Å². The fourth-order valence-electron chi connectivity index (χ4n) is 3.02. The molecule has 0 bridgehead atoms. The Morgan fingerprint density at radius 2 is 2.13 bits per heavy atom. The van der Waals surface area contributed by atoms with Crippen molar-refractivity contribution >= 4 is 17.6 Å². The van der Waals surface area contributed by atoms with Crippen LogP contribution in [0.2, 0.25) is 0 Å². The number of carbonyl (C=O) groups is 2. The smallest absolute Gasteiger partial charge is 0.319 e. The minimum atomic E-state index is -0.680. The molecule has 0 aliphatic carbocycles. The number of carbonyl (C=O) groups excluding carboxylic acids is 2. The lowest BCUT2D eigenvalue weighted by Gasteiger charge is -2.31.